The normalized spacial score (nSPS) is 17.7. The van der Waals surface area contributed by atoms with E-state index in [2.05, 4.69) is 5.32 Å². The van der Waals surface area contributed by atoms with Crippen molar-refractivity contribution in [3.63, 3.8) is 0 Å². The molecular weight excluding hydrogens is 519 g/mol. The third kappa shape index (κ3) is 4.64. The van der Waals surface area contributed by atoms with E-state index in [-0.39, 0.29) is 47.7 Å². The summed E-state index contributed by atoms with van der Waals surface area (Å²) in [6.45, 7) is 0.139. The molecule has 194 valence electrons. The second kappa shape index (κ2) is 9.95. The molecule has 0 aromatic heterocycles. The molecule has 2 aromatic carbocycles. The van der Waals surface area contributed by atoms with Crippen molar-refractivity contribution < 1.29 is 28.0 Å². The Morgan fingerprint density at radius 1 is 1.05 bits per heavy atom. The molecule has 1 N–H and O–H groups in total. The van der Waals surface area contributed by atoms with E-state index in [4.69, 9.17) is 11.6 Å². The number of benzene rings is 2. The summed E-state index contributed by atoms with van der Waals surface area (Å²) >= 11 is 6.33. The molecule has 4 amide bonds. The molecule has 0 bridgehead atoms. The number of amides is 4. The number of nitrogens with one attached hydrogen (secondary N) is 1. The third-order valence-corrected chi connectivity index (χ3v) is 9.06. The molecule has 7 nitrogen and oxygen atoms in total. The van der Waals surface area contributed by atoms with E-state index < -0.39 is 29.1 Å². The Morgan fingerprint density at radius 3 is 2.21 bits per heavy atom. The topological polar surface area (TPSA) is 86.8 Å². The fourth-order valence-corrected chi connectivity index (χ4v) is 5.74. The van der Waals surface area contributed by atoms with E-state index in [1.165, 1.54) is 12.9 Å². The standard InChI is InChI=1S/C22H25B7ClF2N3O4/c23-13-12(14(24)16(26)17(30)15(13)25)21(31,32)20(39)35(29)22(27,28)8-1-2-9-7(5-8)6-34(19(9)38)10-3-4-11(36)33-18(10)37/h1-2,5,10H,3-4,6,23-29H2,(H,33,36,37). The number of hydrogen-bond donors (Lipinski definition) is 1. The molecule has 2 aromatic rings. The molecule has 0 saturated carbocycles. The van der Waals surface area contributed by atoms with Gasteiger partial charge in [-0.3, -0.25) is 24.5 Å². The first-order chi connectivity index (χ1) is 18.0. The number of fused-ring (bicyclic) bond motifs is 1. The number of carbonyl (C=O) groups is 4. The van der Waals surface area contributed by atoms with Crippen LogP contribution in [0.3, 0.4) is 0 Å². The maximum atomic E-state index is 15.9. The van der Waals surface area contributed by atoms with Crippen LogP contribution in [0.5, 0.6) is 0 Å². The van der Waals surface area contributed by atoms with Crippen LogP contribution in [0.2, 0.25) is 5.02 Å². The SMILES string of the molecule is Bc1c(B)c(C(F)(F)C(=O)N(B)C(B)(B)c2ccc3c(c2)CN(C2CCC(=O)NC2=O)C3=O)c(B)c(B)c1Cl. The van der Waals surface area contributed by atoms with Crippen LogP contribution < -0.4 is 27.2 Å². The average molecular weight is 545 g/mol. The van der Waals surface area contributed by atoms with Crippen LogP contribution in [0.1, 0.15) is 39.9 Å². The van der Waals surface area contributed by atoms with Gasteiger partial charge in [0.05, 0.1) is 0 Å². The molecule has 1 fully saturated rings. The van der Waals surface area contributed by atoms with Crippen LogP contribution in [-0.4, -0.2) is 94.4 Å². The molecule has 0 spiro atoms. The Morgan fingerprint density at radius 2 is 1.64 bits per heavy atom. The van der Waals surface area contributed by atoms with Crippen molar-refractivity contribution in [2.45, 2.75) is 36.7 Å². The van der Waals surface area contributed by atoms with Gasteiger partial charge in [0.25, 0.3) is 11.8 Å². The van der Waals surface area contributed by atoms with E-state index in [0.717, 1.165) is 4.81 Å². The summed E-state index contributed by atoms with van der Waals surface area (Å²) in [5.74, 6) is -6.39. The predicted molar refractivity (Wildman–Crippen MR) is 165 cm³/mol. The summed E-state index contributed by atoms with van der Waals surface area (Å²) in [5.41, 5.74) is 2.81. The molecule has 2 aliphatic rings. The minimum Gasteiger partial charge on any atom is -0.393 e. The van der Waals surface area contributed by atoms with Crippen LogP contribution in [0.15, 0.2) is 18.2 Å². The lowest BCUT2D eigenvalue weighted by molar-refractivity contribution is -0.155. The second-order valence-electron chi connectivity index (χ2n) is 11.0. The van der Waals surface area contributed by atoms with Gasteiger partial charge in [-0.25, -0.2) is 0 Å². The van der Waals surface area contributed by atoms with Crippen molar-refractivity contribution in [3.8, 4) is 0 Å². The van der Waals surface area contributed by atoms with E-state index in [9.17, 15) is 19.2 Å². The Balaban J connectivity index is 1.64. The average Bonchev–Trinajstić information content (AvgIpc) is 3.20. The highest BCUT2D eigenvalue weighted by Crippen LogP contribution is 2.34. The molecule has 4 rings (SSSR count). The summed E-state index contributed by atoms with van der Waals surface area (Å²) in [7, 11) is 11.1. The van der Waals surface area contributed by atoms with Crippen molar-refractivity contribution in [1.82, 2.24) is 15.0 Å². The Kier molecular flexibility index (Phi) is 7.43. The van der Waals surface area contributed by atoms with Gasteiger partial charge in [0.1, 0.15) is 53.1 Å². The Hall–Kier alpha value is -2.88. The molecule has 39 heavy (non-hydrogen) atoms. The highest BCUT2D eigenvalue weighted by molar-refractivity contribution is 6.64. The predicted octanol–water partition coefficient (Wildman–Crippen LogP) is -7.32. The lowest BCUT2D eigenvalue weighted by Crippen LogP contribution is -2.57. The zero-order valence-electron chi connectivity index (χ0n) is 23.1. The number of imide groups is 1. The zero-order valence-corrected chi connectivity index (χ0v) is 23.8. The van der Waals surface area contributed by atoms with E-state index in [1.54, 1.807) is 65.3 Å². The molecule has 1 atom stereocenters. The summed E-state index contributed by atoms with van der Waals surface area (Å²) < 4.78 is 31.8. The number of nitrogens with zero attached hydrogens (tertiary/aromatic N) is 2. The van der Waals surface area contributed by atoms with Gasteiger partial charge in [0.15, 0.2) is 0 Å². The molecule has 0 radical (unpaired) electrons. The molecular formula is C22H25B7ClF2N3O4. The van der Waals surface area contributed by atoms with Gasteiger partial charge in [-0.1, -0.05) is 45.6 Å². The summed E-state index contributed by atoms with van der Waals surface area (Å²) in [4.78, 5) is 52.8. The maximum absolute atomic E-state index is 15.9. The van der Waals surface area contributed by atoms with Crippen LogP contribution in [-0.2, 0) is 32.2 Å². The quantitative estimate of drug-likeness (QED) is 0.300. The second-order valence-corrected chi connectivity index (χ2v) is 11.3. The van der Waals surface area contributed by atoms with Crippen molar-refractivity contribution in [1.29, 1.82) is 0 Å². The van der Waals surface area contributed by atoms with Crippen LogP contribution in [0.4, 0.5) is 8.78 Å². The van der Waals surface area contributed by atoms with Gasteiger partial charge in [0, 0.05) is 29.1 Å². The number of halogens is 3. The third-order valence-electron chi connectivity index (χ3n) is 8.49. The number of carbonyl (C=O) groups excluding carboxylic acids is 4. The van der Waals surface area contributed by atoms with E-state index in [1.807, 2.05) is 0 Å². The zero-order chi connectivity index (χ0) is 29.2. The van der Waals surface area contributed by atoms with E-state index in [0.29, 0.717) is 32.6 Å². The number of piperidine rings is 1. The first-order valence-corrected chi connectivity index (χ1v) is 13.1. The highest BCUT2D eigenvalue weighted by atomic mass is 35.5. The number of hydrogen-bond acceptors (Lipinski definition) is 4. The fourth-order valence-electron chi connectivity index (χ4n) is 5.46. The molecule has 0 aliphatic carbocycles. The van der Waals surface area contributed by atoms with Gasteiger partial charge >= 0.3 is 5.92 Å². The minimum atomic E-state index is -3.81. The van der Waals surface area contributed by atoms with Gasteiger partial charge in [-0.2, -0.15) is 8.78 Å². The van der Waals surface area contributed by atoms with Crippen molar-refractivity contribution in [3.05, 3.63) is 45.5 Å². The molecule has 17 heteroatoms. The van der Waals surface area contributed by atoms with Crippen LogP contribution in [0, 0.1) is 0 Å². The van der Waals surface area contributed by atoms with Crippen molar-refractivity contribution >= 4 is 112 Å². The van der Waals surface area contributed by atoms with E-state index >= 15 is 8.78 Å². The number of alkyl halides is 2. The monoisotopic (exact) mass is 545 g/mol. The first-order valence-electron chi connectivity index (χ1n) is 12.7. The first kappa shape index (κ1) is 29.1. The molecule has 2 heterocycles. The Labute approximate surface area is 237 Å². The van der Waals surface area contributed by atoms with Gasteiger partial charge in [-0.05, 0) is 29.0 Å². The maximum Gasteiger partial charge on any atom is 0.347 e. The molecule has 1 saturated heterocycles. The van der Waals surface area contributed by atoms with Crippen molar-refractivity contribution in [2.75, 3.05) is 0 Å². The van der Waals surface area contributed by atoms with Crippen molar-refractivity contribution in [2.24, 2.45) is 0 Å². The van der Waals surface area contributed by atoms with Gasteiger partial charge in [-0.15, -0.1) is 0 Å². The lowest BCUT2D eigenvalue weighted by Gasteiger charge is -2.40. The summed E-state index contributed by atoms with van der Waals surface area (Å²) in [6.07, 6.45) is 0.374. The number of rotatable bonds is 5. The molecule has 1 unspecified atom stereocenters. The van der Waals surface area contributed by atoms with Gasteiger partial charge in [0.2, 0.25) is 19.8 Å². The van der Waals surface area contributed by atoms with Crippen LogP contribution in [0.25, 0.3) is 0 Å². The summed E-state index contributed by atoms with van der Waals surface area (Å²) in [6, 6.07) is 4.19. The van der Waals surface area contributed by atoms with Crippen LogP contribution >= 0.6 is 11.6 Å². The van der Waals surface area contributed by atoms with Gasteiger partial charge < -0.3 is 9.71 Å². The largest absolute Gasteiger partial charge is 0.393 e. The smallest absolute Gasteiger partial charge is 0.347 e. The summed E-state index contributed by atoms with van der Waals surface area (Å²) in [5, 5.41) is 1.51. The minimum absolute atomic E-state index is 0.139. The fraction of sp³-hybridized carbons (Fsp3) is 0.273. The molecule has 2 aliphatic heterocycles. The lowest BCUT2D eigenvalue weighted by atomic mass is 9.55. The highest BCUT2D eigenvalue weighted by Gasteiger charge is 2.48. The Bertz CT molecular complexity index is 1430.